The molecule has 1 amide bonds. The number of morpholine rings is 1. The van der Waals surface area contributed by atoms with Gasteiger partial charge in [-0.05, 0) is 41.8 Å². The minimum Gasteiger partial charge on any atom is -0.497 e. The Balaban J connectivity index is 1.56. The SMILES string of the molecule is COc1ccc2c(c1)CCN(C(=O)c1ccccc1N1CCOCC1)C2. The first kappa shape index (κ1) is 16.9. The molecule has 0 N–H and O–H groups in total. The molecule has 0 saturated carbocycles. The monoisotopic (exact) mass is 352 g/mol. The van der Waals surface area contributed by atoms with Crippen LogP contribution < -0.4 is 9.64 Å². The fraction of sp³-hybridized carbons (Fsp3) is 0.381. The van der Waals surface area contributed by atoms with Gasteiger partial charge in [-0.1, -0.05) is 18.2 Å². The van der Waals surface area contributed by atoms with E-state index >= 15 is 0 Å². The maximum absolute atomic E-state index is 13.2. The molecule has 5 nitrogen and oxygen atoms in total. The van der Waals surface area contributed by atoms with Gasteiger partial charge in [0.15, 0.2) is 0 Å². The smallest absolute Gasteiger partial charge is 0.256 e. The van der Waals surface area contributed by atoms with Gasteiger partial charge in [0.2, 0.25) is 0 Å². The number of hydrogen-bond donors (Lipinski definition) is 0. The zero-order valence-electron chi connectivity index (χ0n) is 15.1. The summed E-state index contributed by atoms with van der Waals surface area (Å²) in [5.41, 5.74) is 4.27. The molecule has 2 aliphatic heterocycles. The normalized spacial score (nSPS) is 17.0. The van der Waals surface area contributed by atoms with Crippen molar-refractivity contribution in [2.45, 2.75) is 13.0 Å². The molecule has 1 fully saturated rings. The highest BCUT2D eigenvalue weighted by molar-refractivity contribution is 6.00. The molecule has 0 radical (unpaired) electrons. The number of para-hydroxylation sites is 1. The first-order chi connectivity index (χ1) is 12.8. The van der Waals surface area contributed by atoms with E-state index in [2.05, 4.69) is 17.0 Å². The predicted octanol–water partition coefficient (Wildman–Crippen LogP) is 2.73. The average Bonchev–Trinajstić information content (AvgIpc) is 2.73. The molecule has 136 valence electrons. The highest BCUT2D eigenvalue weighted by Crippen LogP contribution is 2.27. The standard InChI is InChI=1S/C21H24N2O3/c1-25-18-7-6-17-15-23(9-8-16(17)14-18)21(24)19-4-2-3-5-20(19)22-10-12-26-13-11-22/h2-7,14H,8-13,15H2,1H3. The van der Waals surface area contributed by atoms with Gasteiger partial charge in [0, 0.05) is 31.9 Å². The van der Waals surface area contributed by atoms with Crippen molar-refractivity contribution in [2.24, 2.45) is 0 Å². The molecule has 4 rings (SSSR count). The van der Waals surface area contributed by atoms with Crippen LogP contribution >= 0.6 is 0 Å². The molecule has 2 aromatic carbocycles. The molecule has 0 aromatic heterocycles. The highest BCUT2D eigenvalue weighted by Gasteiger charge is 2.25. The zero-order chi connectivity index (χ0) is 17.9. The molecule has 2 heterocycles. The number of ether oxygens (including phenoxy) is 2. The van der Waals surface area contributed by atoms with E-state index in [4.69, 9.17) is 9.47 Å². The van der Waals surface area contributed by atoms with Gasteiger partial charge in [-0.15, -0.1) is 0 Å². The summed E-state index contributed by atoms with van der Waals surface area (Å²) in [6.45, 7) is 4.45. The summed E-state index contributed by atoms with van der Waals surface area (Å²) in [5.74, 6) is 0.981. The molecule has 0 bridgehead atoms. The van der Waals surface area contributed by atoms with E-state index in [-0.39, 0.29) is 5.91 Å². The Hall–Kier alpha value is -2.53. The Morgan fingerprint density at radius 1 is 1.04 bits per heavy atom. The van der Waals surface area contributed by atoms with Gasteiger partial charge in [-0.25, -0.2) is 0 Å². The van der Waals surface area contributed by atoms with Crippen molar-refractivity contribution in [1.82, 2.24) is 4.90 Å². The average molecular weight is 352 g/mol. The summed E-state index contributed by atoms with van der Waals surface area (Å²) in [6, 6.07) is 14.0. The molecule has 26 heavy (non-hydrogen) atoms. The van der Waals surface area contributed by atoms with Crippen LogP contribution in [0.15, 0.2) is 42.5 Å². The minimum atomic E-state index is 0.105. The Morgan fingerprint density at radius 2 is 1.85 bits per heavy atom. The van der Waals surface area contributed by atoms with Crippen molar-refractivity contribution < 1.29 is 14.3 Å². The van der Waals surface area contributed by atoms with Crippen molar-refractivity contribution in [3.8, 4) is 5.75 Å². The van der Waals surface area contributed by atoms with Crippen LogP contribution in [-0.2, 0) is 17.7 Å². The third-order valence-corrected chi connectivity index (χ3v) is 5.20. The lowest BCUT2D eigenvalue weighted by Gasteiger charge is -2.33. The summed E-state index contributed by atoms with van der Waals surface area (Å²) in [4.78, 5) is 17.4. The van der Waals surface area contributed by atoms with E-state index in [0.29, 0.717) is 19.8 Å². The van der Waals surface area contributed by atoms with E-state index in [1.54, 1.807) is 7.11 Å². The van der Waals surface area contributed by atoms with Gasteiger partial charge in [0.25, 0.3) is 5.91 Å². The topological polar surface area (TPSA) is 42.0 Å². The van der Waals surface area contributed by atoms with Crippen LogP contribution in [0.3, 0.4) is 0 Å². The molecule has 0 atom stereocenters. The van der Waals surface area contributed by atoms with Crippen LogP contribution in [0, 0.1) is 0 Å². The van der Waals surface area contributed by atoms with Crippen LogP contribution in [0.1, 0.15) is 21.5 Å². The second kappa shape index (κ2) is 7.38. The number of hydrogen-bond acceptors (Lipinski definition) is 4. The second-order valence-electron chi connectivity index (χ2n) is 6.73. The lowest BCUT2D eigenvalue weighted by atomic mass is 9.98. The van der Waals surface area contributed by atoms with E-state index in [9.17, 15) is 4.79 Å². The van der Waals surface area contributed by atoms with Crippen molar-refractivity contribution in [3.05, 3.63) is 59.2 Å². The van der Waals surface area contributed by atoms with E-state index < -0.39 is 0 Å². The fourth-order valence-electron chi connectivity index (χ4n) is 3.73. The number of carbonyl (C=O) groups is 1. The van der Waals surface area contributed by atoms with Gasteiger partial charge in [0.1, 0.15) is 5.75 Å². The third kappa shape index (κ3) is 3.27. The van der Waals surface area contributed by atoms with Crippen molar-refractivity contribution in [2.75, 3.05) is 44.9 Å². The quantitative estimate of drug-likeness (QED) is 0.852. The molecule has 5 heteroatoms. The molecular weight excluding hydrogens is 328 g/mol. The third-order valence-electron chi connectivity index (χ3n) is 5.20. The second-order valence-corrected chi connectivity index (χ2v) is 6.73. The molecule has 1 saturated heterocycles. The Morgan fingerprint density at radius 3 is 2.65 bits per heavy atom. The van der Waals surface area contributed by atoms with Gasteiger partial charge >= 0.3 is 0 Å². The van der Waals surface area contributed by atoms with Crippen molar-refractivity contribution >= 4 is 11.6 Å². The zero-order valence-corrected chi connectivity index (χ0v) is 15.1. The first-order valence-corrected chi connectivity index (χ1v) is 9.13. The summed E-state index contributed by atoms with van der Waals surface area (Å²) in [7, 11) is 1.68. The number of benzene rings is 2. The van der Waals surface area contributed by atoms with Crippen molar-refractivity contribution in [3.63, 3.8) is 0 Å². The lowest BCUT2D eigenvalue weighted by Crippen LogP contribution is -2.40. The largest absolute Gasteiger partial charge is 0.497 e. The minimum absolute atomic E-state index is 0.105. The number of anilines is 1. The molecule has 0 unspecified atom stereocenters. The number of rotatable bonds is 3. The van der Waals surface area contributed by atoms with Crippen LogP contribution in [0.25, 0.3) is 0 Å². The van der Waals surface area contributed by atoms with E-state index in [1.165, 1.54) is 11.1 Å². The maximum Gasteiger partial charge on any atom is 0.256 e. The van der Waals surface area contributed by atoms with Gasteiger partial charge in [0.05, 0.1) is 25.9 Å². The molecular formula is C21H24N2O3. The molecule has 0 spiro atoms. The van der Waals surface area contributed by atoms with Gasteiger partial charge in [-0.2, -0.15) is 0 Å². The summed E-state index contributed by atoms with van der Waals surface area (Å²) in [5, 5.41) is 0. The Labute approximate surface area is 154 Å². The maximum atomic E-state index is 13.2. The summed E-state index contributed by atoms with van der Waals surface area (Å²) in [6.07, 6.45) is 0.859. The number of amides is 1. The lowest BCUT2D eigenvalue weighted by molar-refractivity contribution is 0.0734. The highest BCUT2D eigenvalue weighted by atomic mass is 16.5. The molecule has 2 aliphatic rings. The summed E-state index contributed by atoms with van der Waals surface area (Å²) < 4.78 is 10.8. The molecule has 0 aliphatic carbocycles. The number of methoxy groups -OCH3 is 1. The molecule has 2 aromatic rings. The summed E-state index contributed by atoms with van der Waals surface area (Å²) >= 11 is 0. The van der Waals surface area contributed by atoms with Crippen LogP contribution in [0.5, 0.6) is 5.75 Å². The number of fused-ring (bicyclic) bond motifs is 1. The number of carbonyl (C=O) groups excluding carboxylic acids is 1. The Kier molecular flexibility index (Phi) is 4.80. The Bertz CT molecular complexity index is 800. The predicted molar refractivity (Wildman–Crippen MR) is 101 cm³/mol. The van der Waals surface area contributed by atoms with Crippen LogP contribution in [0.4, 0.5) is 5.69 Å². The van der Waals surface area contributed by atoms with Gasteiger partial charge in [-0.3, -0.25) is 4.79 Å². The van der Waals surface area contributed by atoms with E-state index in [1.807, 2.05) is 35.2 Å². The van der Waals surface area contributed by atoms with Gasteiger partial charge < -0.3 is 19.3 Å². The number of nitrogens with zero attached hydrogens (tertiary/aromatic N) is 2. The van der Waals surface area contributed by atoms with Crippen molar-refractivity contribution in [1.29, 1.82) is 0 Å². The van der Waals surface area contributed by atoms with Crippen LogP contribution in [0.2, 0.25) is 0 Å². The fourth-order valence-corrected chi connectivity index (χ4v) is 3.73. The first-order valence-electron chi connectivity index (χ1n) is 9.13. The van der Waals surface area contributed by atoms with E-state index in [0.717, 1.165) is 43.1 Å². The van der Waals surface area contributed by atoms with Crippen LogP contribution in [-0.4, -0.2) is 50.8 Å².